The highest BCUT2D eigenvalue weighted by Crippen LogP contribution is 2.27. The third kappa shape index (κ3) is 5.38. The smallest absolute Gasteiger partial charge is 0.358 e. The molecule has 3 rings (SSSR count). The monoisotopic (exact) mass is 440 g/mol. The summed E-state index contributed by atoms with van der Waals surface area (Å²) in [4.78, 5) is 28.3. The van der Waals surface area contributed by atoms with Crippen molar-refractivity contribution < 1.29 is 18.0 Å². The summed E-state index contributed by atoms with van der Waals surface area (Å²) in [6.45, 7) is 3.10. The Morgan fingerprint density at radius 3 is 2.77 bits per heavy atom. The average molecular weight is 441 g/mol. The van der Waals surface area contributed by atoms with Gasteiger partial charge in [-0.15, -0.1) is 0 Å². The molecule has 1 atom stereocenters. The second kappa shape index (κ2) is 8.86. The van der Waals surface area contributed by atoms with Gasteiger partial charge in [0.15, 0.2) is 5.82 Å². The Balaban J connectivity index is 1.78. The number of nitrogens with one attached hydrogen (secondary N) is 3. The zero-order chi connectivity index (χ0) is 21.9. The standard InChI is InChI=1S/C19H20ClF3N6O/c1-10(2)15(18(30)25-6-4-19(21,22)23)28-14-3-5-24-17(29-14)13-9-27-16-12(13)7-11(20)8-26-16/h3,5,7-10,15H,4,6H2,1-2H3,(H,25,30)(H,26,27)(H,24,28,29)/t15-/m1/s1. The van der Waals surface area contributed by atoms with Crippen molar-refractivity contribution in [3.63, 3.8) is 0 Å². The number of pyridine rings is 1. The number of nitrogens with zero attached hydrogens (tertiary/aromatic N) is 3. The maximum atomic E-state index is 12.4. The SMILES string of the molecule is CC(C)[C@@H](Nc1ccnc(-c2c[nH]c3ncc(Cl)cc23)n1)C(=O)NCCC(F)(F)F. The molecular weight excluding hydrogens is 421 g/mol. The lowest BCUT2D eigenvalue weighted by molar-refractivity contribution is -0.135. The van der Waals surface area contributed by atoms with E-state index in [2.05, 4.69) is 30.6 Å². The molecule has 0 saturated carbocycles. The molecule has 7 nitrogen and oxygen atoms in total. The molecule has 0 unspecified atom stereocenters. The van der Waals surface area contributed by atoms with Crippen LogP contribution in [0.15, 0.2) is 30.7 Å². The van der Waals surface area contributed by atoms with Crippen LogP contribution in [0, 0.1) is 5.92 Å². The number of fused-ring (bicyclic) bond motifs is 1. The van der Waals surface area contributed by atoms with E-state index in [-0.39, 0.29) is 5.92 Å². The molecule has 0 saturated heterocycles. The summed E-state index contributed by atoms with van der Waals surface area (Å²) in [6, 6.07) is 2.56. The Kier molecular flexibility index (Phi) is 6.45. The Labute approximate surface area is 175 Å². The largest absolute Gasteiger partial charge is 0.390 e. The van der Waals surface area contributed by atoms with E-state index < -0.39 is 31.1 Å². The van der Waals surface area contributed by atoms with E-state index in [9.17, 15) is 18.0 Å². The van der Waals surface area contributed by atoms with Crippen LogP contribution in [0.25, 0.3) is 22.4 Å². The predicted molar refractivity (Wildman–Crippen MR) is 108 cm³/mol. The lowest BCUT2D eigenvalue weighted by Gasteiger charge is -2.22. The number of halogens is 4. The molecule has 0 aromatic carbocycles. The Bertz CT molecular complexity index is 1040. The zero-order valence-corrected chi connectivity index (χ0v) is 17.0. The summed E-state index contributed by atoms with van der Waals surface area (Å²) in [5.41, 5.74) is 1.31. The molecule has 3 heterocycles. The molecule has 0 bridgehead atoms. The number of amides is 1. The first-order valence-corrected chi connectivity index (χ1v) is 9.59. The predicted octanol–water partition coefficient (Wildman–Crippen LogP) is 4.18. The van der Waals surface area contributed by atoms with Gasteiger partial charge in [0.25, 0.3) is 0 Å². The van der Waals surface area contributed by atoms with E-state index in [1.807, 2.05) is 0 Å². The lowest BCUT2D eigenvalue weighted by atomic mass is 10.0. The number of alkyl halides is 3. The number of hydrogen-bond donors (Lipinski definition) is 3. The molecular formula is C19H20ClF3N6O. The van der Waals surface area contributed by atoms with Gasteiger partial charge in [-0.2, -0.15) is 13.2 Å². The fourth-order valence-corrected chi connectivity index (χ4v) is 3.02. The molecule has 0 fully saturated rings. The molecule has 0 aliphatic rings. The number of carbonyl (C=O) groups is 1. The molecule has 0 spiro atoms. The van der Waals surface area contributed by atoms with E-state index in [4.69, 9.17) is 11.6 Å². The normalized spacial score (nSPS) is 12.9. The fourth-order valence-electron chi connectivity index (χ4n) is 2.86. The van der Waals surface area contributed by atoms with Crippen LogP contribution in [0.2, 0.25) is 5.02 Å². The molecule has 30 heavy (non-hydrogen) atoms. The summed E-state index contributed by atoms with van der Waals surface area (Å²) >= 11 is 6.03. The number of rotatable bonds is 7. The molecule has 0 aliphatic heterocycles. The summed E-state index contributed by atoms with van der Waals surface area (Å²) in [5.74, 6) is 0.0344. The number of H-pyrrole nitrogens is 1. The average Bonchev–Trinajstić information content (AvgIpc) is 3.08. The molecule has 0 aliphatic carbocycles. The van der Waals surface area contributed by atoms with E-state index in [0.717, 1.165) is 5.39 Å². The maximum absolute atomic E-state index is 12.4. The Hall–Kier alpha value is -2.88. The van der Waals surface area contributed by atoms with Crippen molar-refractivity contribution in [2.24, 2.45) is 5.92 Å². The van der Waals surface area contributed by atoms with Gasteiger partial charge in [-0.1, -0.05) is 25.4 Å². The van der Waals surface area contributed by atoms with Crippen molar-refractivity contribution in [3.05, 3.63) is 35.7 Å². The van der Waals surface area contributed by atoms with Crippen molar-refractivity contribution in [1.82, 2.24) is 25.3 Å². The van der Waals surface area contributed by atoms with E-state index in [1.165, 1.54) is 12.4 Å². The topological polar surface area (TPSA) is 95.6 Å². The van der Waals surface area contributed by atoms with Gasteiger partial charge in [0.1, 0.15) is 17.5 Å². The van der Waals surface area contributed by atoms with E-state index in [0.29, 0.717) is 27.9 Å². The van der Waals surface area contributed by atoms with Gasteiger partial charge in [0, 0.05) is 36.1 Å². The second-order valence-corrected chi connectivity index (χ2v) is 7.48. The lowest BCUT2D eigenvalue weighted by Crippen LogP contribution is -2.44. The van der Waals surface area contributed by atoms with Crippen LogP contribution in [0.3, 0.4) is 0 Å². The first-order chi connectivity index (χ1) is 14.1. The zero-order valence-electron chi connectivity index (χ0n) is 16.2. The van der Waals surface area contributed by atoms with E-state index in [1.54, 1.807) is 32.2 Å². The van der Waals surface area contributed by atoms with Gasteiger partial charge in [0.05, 0.1) is 11.4 Å². The first kappa shape index (κ1) is 21.8. The van der Waals surface area contributed by atoms with Gasteiger partial charge in [-0.3, -0.25) is 4.79 Å². The van der Waals surface area contributed by atoms with Crippen molar-refractivity contribution in [2.75, 3.05) is 11.9 Å². The van der Waals surface area contributed by atoms with Crippen LogP contribution in [0.5, 0.6) is 0 Å². The Morgan fingerprint density at radius 1 is 1.30 bits per heavy atom. The van der Waals surface area contributed by atoms with Crippen LogP contribution in [-0.2, 0) is 4.79 Å². The number of anilines is 1. The van der Waals surface area contributed by atoms with Gasteiger partial charge in [0.2, 0.25) is 5.91 Å². The number of hydrogen-bond acceptors (Lipinski definition) is 5. The van der Waals surface area contributed by atoms with Gasteiger partial charge < -0.3 is 15.6 Å². The minimum absolute atomic E-state index is 0.189. The van der Waals surface area contributed by atoms with E-state index >= 15 is 0 Å². The number of aromatic amines is 1. The maximum Gasteiger partial charge on any atom is 0.390 e. The molecule has 3 aromatic rings. The fraction of sp³-hybridized carbons (Fsp3) is 0.368. The van der Waals surface area contributed by atoms with Gasteiger partial charge in [-0.05, 0) is 18.1 Å². The molecule has 160 valence electrons. The third-order valence-electron chi connectivity index (χ3n) is 4.35. The molecule has 1 amide bonds. The van der Waals surface area contributed by atoms with Gasteiger partial charge >= 0.3 is 6.18 Å². The van der Waals surface area contributed by atoms with Crippen LogP contribution >= 0.6 is 11.6 Å². The minimum Gasteiger partial charge on any atom is -0.358 e. The summed E-state index contributed by atoms with van der Waals surface area (Å²) in [7, 11) is 0. The quantitative estimate of drug-likeness (QED) is 0.512. The van der Waals surface area contributed by atoms with Crippen molar-refractivity contribution >= 4 is 34.4 Å². The van der Waals surface area contributed by atoms with Crippen LogP contribution in [-0.4, -0.2) is 44.6 Å². The van der Waals surface area contributed by atoms with Crippen molar-refractivity contribution in [1.29, 1.82) is 0 Å². The highest BCUT2D eigenvalue weighted by atomic mass is 35.5. The van der Waals surface area contributed by atoms with Crippen molar-refractivity contribution in [2.45, 2.75) is 32.5 Å². The summed E-state index contributed by atoms with van der Waals surface area (Å²) in [6.07, 6.45) is -0.657. The van der Waals surface area contributed by atoms with Gasteiger partial charge in [-0.25, -0.2) is 15.0 Å². The molecule has 3 aromatic heterocycles. The summed E-state index contributed by atoms with van der Waals surface area (Å²) in [5, 5.41) is 6.52. The van der Waals surface area contributed by atoms with Crippen LogP contribution in [0.4, 0.5) is 19.0 Å². The van der Waals surface area contributed by atoms with Crippen LogP contribution in [0.1, 0.15) is 20.3 Å². The first-order valence-electron chi connectivity index (χ1n) is 9.21. The number of aromatic nitrogens is 4. The molecule has 0 radical (unpaired) electrons. The number of carbonyl (C=O) groups excluding carboxylic acids is 1. The summed E-state index contributed by atoms with van der Waals surface area (Å²) < 4.78 is 37.0. The Morgan fingerprint density at radius 2 is 2.07 bits per heavy atom. The minimum atomic E-state index is -4.33. The highest BCUT2D eigenvalue weighted by Gasteiger charge is 2.28. The molecule has 11 heteroatoms. The van der Waals surface area contributed by atoms with Crippen molar-refractivity contribution in [3.8, 4) is 11.4 Å². The second-order valence-electron chi connectivity index (χ2n) is 7.04. The molecule has 3 N–H and O–H groups in total. The third-order valence-corrected chi connectivity index (χ3v) is 4.56. The highest BCUT2D eigenvalue weighted by molar-refractivity contribution is 6.31. The van der Waals surface area contributed by atoms with Crippen LogP contribution < -0.4 is 10.6 Å².